The molecule has 0 saturated heterocycles. The zero-order valence-electron chi connectivity index (χ0n) is 15.9. The first-order valence-electron chi connectivity index (χ1n) is 9.08. The van der Waals surface area contributed by atoms with E-state index in [1.54, 1.807) is 50.5 Å². The van der Waals surface area contributed by atoms with Crippen molar-refractivity contribution in [1.82, 2.24) is 10.4 Å². The molecule has 1 aliphatic rings. The highest BCUT2D eigenvalue weighted by molar-refractivity contribution is 7.17. The molecule has 0 saturated carbocycles. The number of amides is 2. The molecule has 1 aromatic heterocycles. The number of fused-ring (bicyclic) bond motifs is 1. The number of carbonyl (C=O) groups is 2. The Hall–Kier alpha value is -2.38. The van der Waals surface area contributed by atoms with E-state index in [-0.39, 0.29) is 11.8 Å². The van der Waals surface area contributed by atoms with E-state index in [0.717, 1.165) is 31.2 Å². The van der Waals surface area contributed by atoms with Crippen LogP contribution in [0.5, 0.6) is 5.75 Å². The maximum Gasteiger partial charge on any atom is 0.268 e. The summed E-state index contributed by atoms with van der Waals surface area (Å²) in [6.07, 6.45) is 5.18. The Morgan fingerprint density at radius 2 is 1.89 bits per heavy atom. The number of thiophene rings is 1. The second-order valence-electron chi connectivity index (χ2n) is 6.79. The van der Waals surface area contributed by atoms with Crippen LogP contribution in [0.25, 0.3) is 0 Å². The second-order valence-corrected chi connectivity index (χ2v) is 7.90. The van der Waals surface area contributed by atoms with Crippen molar-refractivity contribution in [2.24, 2.45) is 0 Å². The number of benzene rings is 1. The summed E-state index contributed by atoms with van der Waals surface area (Å²) < 4.78 is 5.19. The number of methoxy groups -OCH3 is 1. The third kappa shape index (κ3) is 4.48. The molecule has 0 fully saturated rings. The molecule has 6 nitrogen and oxygen atoms in total. The minimum absolute atomic E-state index is 0.180. The van der Waals surface area contributed by atoms with Gasteiger partial charge in [-0.3, -0.25) is 15.0 Å². The van der Waals surface area contributed by atoms with Gasteiger partial charge in [-0.1, -0.05) is 12.5 Å². The van der Waals surface area contributed by atoms with Crippen molar-refractivity contribution in [3.05, 3.63) is 45.8 Å². The minimum atomic E-state index is -0.246. The van der Waals surface area contributed by atoms with Gasteiger partial charge in [0.1, 0.15) is 10.8 Å². The van der Waals surface area contributed by atoms with E-state index in [1.807, 2.05) is 0 Å². The van der Waals surface area contributed by atoms with Crippen LogP contribution in [0, 0.1) is 0 Å². The fraction of sp³-hybridized carbons (Fsp3) is 0.400. The number of aryl methyl sites for hydroxylation is 1. The smallest absolute Gasteiger partial charge is 0.268 e. The zero-order chi connectivity index (χ0) is 19.4. The van der Waals surface area contributed by atoms with Gasteiger partial charge in [0.25, 0.3) is 11.8 Å². The first kappa shape index (κ1) is 19.4. The van der Waals surface area contributed by atoms with Crippen molar-refractivity contribution in [2.75, 3.05) is 26.5 Å². The van der Waals surface area contributed by atoms with E-state index in [0.29, 0.717) is 21.9 Å². The normalized spacial score (nSPS) is 13.6. The van der Waals surface area contributed by atoms with Gasteiger partial charge in [-0.2, -0.15) is 0 Å². The van der Waals surface area contributed by atoms with E-state index < -0.39 is 0 Å². The molecule has 2 N–H and O–H groups in total. The van der Waals surface area contributed by atoms with Gasteiger partial charge in [0, 0.05) is 24.5 Å². The number of hydrazine groups is 1. The van der Waals surface area contributed by atoms with Gasteiger partial charge in [-0.25, -0.2) is 5.01 Å². The number of nitrogens with zero attached hydrogens (tertiary/aromatic N) is 1. The third-order valence-electron chi connectivity index (χ3n) is 4.53. The third-order valence-corrected chi connectivity index (χ3v) is 5.74. The first-order chi connectivity index (χ1) is 13.0. The lowest BCUT2D eigenvalue weighted by atomic mass is 10.0. The molecular weight excluding hydrogens is 362 g/mol. The van der Waals surface area contributed by atoms with Gasteiger partial charge in [0.15, 0.2) is 0 Å². The summed E-state index contributed by atoms with van der Waals surface area (Å²) in [6, 6.07) is 6.99. The van der Waals surface area contributed by atoms with Crippen molar-refractivity contribution in [2.45, 2.75) is 32.1 Å². The largest absolute Gasteiger partial charge is 0.497 e. The molecule has 0 spiro atoms. The number of nitrogens with one attached hydrogen (secondary N) is 2. The maximum atomic E-state index is 12.8. The predicted molar refractivity (Wildman–Crippen MR) is 108 cm³/mol. The van der Waals surface area contributed by atoms with Crippen LogP contribution in [-0.4, -0.2) is 38.0 Å². The Morgan fingerprint density at radius 1 is 1.11 bits per heavy atom. The SMILES string of the molecule is COc1cccc(C(=O)Nc2sc3c(c2C(=O)NN(C)C)CCCCC3)c1. The van der Waals surface area contributed by atoms with Crippen LogP contribution in [0.4, 0.5) is 5.00 Å². The van der Waals surface area contributed by atoms with E-state index in [2.05, 4.69) is 10.7 Å². The monoisotopic (exact) mass is 387 g/mol. The van der Waals surface area contributed by atoms with Gasteiger partial charge < -0.3 is 10.1 Å². The molecule has 1 aromatic carbocycles. The summed E-state index contributed by atoms with van der Waals surface area (Å²) in [5, 5.41) is 5.20. The Kier molecular flexibility index (Phi) is 6.13. The minimum Gasteiger partial charge on any atom is -0.497 e. The molecule has 144 valence electrons. The van der Waals surface area contributed by atoms with Crippen LogP contribution < -0.4 is 15.5 Å². The first-order valence-corrected chi connectivity index (χ1v) is 9.89. The topological polar surface area (TPSA) is 70.7 Å². The average Bonchev–Trinajstić information content (AvgIpc) is 2.81. The number of ether oxygens (including phenoxy) is 1. The molecule has 2 aromatic rings. The highest BCUT2D eigenvalue weighted by atomic mass is 32.1. The average molecular weight is 388 g/mol. The molecule has 2 amide bonds. The molecule has 3 rings (SSSR count). The fourth-order valence-corrected chi connectivity index (χ4v) is 4.55. The van der Waals surface area contributed by atoms with Crippen LogP contribution in [0.2, 0.25) is 0 Å². The zero-order valence-corrected chi connectivity index (χ0v) is 16.7. The van der Waals surface area contributed by atoms with Crippen LogP contribution in [0.1, 0.15) is 50.4 Å². The Labute approximate surface area is 163 Å². The van der Waals surface area contributed by atoms with Crippen LogP contribution in [0.3, 0.4) is 0 Å². The molecular formula is C20H25N3O3S. The Bertz CT molecular complexity index is 845. The van der Waals surface area contributed by atoms with Crippen molar-refractivity contribution in [1.29, 1.82) is 0 Å². The molecule has 0 radical (unpaired) electrons. The van der Waals surface area contributed by atoms with Crippen molar-refractivity contribution >= 4 is 28.2 Å². The van der Waals surface area contributed by atoms with Crippen LogP contribution in [0.15, 0.2) is 24.3 Å². The Morgan fingerprint density at radius 3 is 2.63 bits per heavy atom. The number of rotatable bonds is 5. The highest BCUT2D eigenvalue weighted by Gasteiger charge is 2.26. The summed E-state index contributed by atoms with van der Waals surface area (Å²) in [5.74, 6) is 0.194. The van der Waals surface area contributed by atoms with E-state index in [9.17, 15) is 9.59 Å². The van der Waals surface area contributed by atoms with Gasteiger partial charge in [-0.15, -0.1) is 11.3 Å². The molecule has 0 bridgehead atoms. The molecule has 0 aliphatic heterocycles. The summed E-state index contributed by atoms with van der Waals surface area (Å²) in [7, 11) is 5.12. The van der Waals surface area contributed by atoms with Gasteiger partial charge in [-0.05, 0) is 49.4 Å². The molecule has 27 heavy (non-hydrogen) atoms. The van der Waals surface area contributed by atoms with Gasteiger partial charge in [0.05, 0.1) is 12.7 Å². The Balaban J connectivity index is 1.93. The molecule has 1 heterocycles. The molecule has 7 heteroatoms. The highest BCUT2D eigenvalue weighted by Crippen LogP contribution is 2.37. The second kappa shape index (κ2) is 8.54. The van der Waals surface area contributed by atoms with Gasteiger partial charge in [0.2, 0.25) is 0 Å². The summed E-state index contributed by atoms with van der Waals surface area (Å²) in [5.41, 5.74) is 4.99. The molecule has 1 aliphatic carbocycles. The lowest BCUT2D eigenvalue weighted by molar-refractivity contribution is 0.0857. The fourth-order valence-electron chi connectivity index (χ4n) is 3.27. The molecule has 0 unspecified atom stereocenters. The quantitative estimate of drug-likeness (QED) is 0.609. The maximum absolute atomic E-state index is 12.8. The van der Waals surface area contributed by atoms with Crippen molar-refractivity contribution < 1.29 is 14.3 Å². The van der Waals surface area contributed by atoms with Gasteiger partial charge >= 0.3 is 0 Å². The number of anilines is 1. The van der Waals surface area contributed by atoms with Crippen LogP contribution in [-0.2, 0) is 12.8 Å². The lowest BCUT2D eigenvalue weighted by Gasteiger charge is -2.14. The molecule has 0 atom stereocenters. The van der Waals surface area contributed by atoms with E-state index >= 15 is 0 Å². The summed E-state index contributed by atoms with van der Waals surface area (Å²) >= 11 is 1.52. The van der Waals surface area contributed by atoms with Crippen LogP contribution >= 0.6 is 11.3 Å². The van der Waals surface area contributed by atoms with Crippen molar-refractivity contribution in [3.63, 3.8) is 0 Å². The number of carbonyl (C=O) groups excluding carboxylic acids is 2. The number of hydrogen-bond donors (Lipinski definition) is 2. The predicted octanol–water partition coefficient (Wildman–Crippen LogP) is 3.48. The van der Waals surface area contributed by atoms with E-state index in [1.165, 1.54) is 22.6 Å². The van der Waals surface area contributed by atoms with E-state index in [4.69, 9.17) is 4.74 Å². The summed E-state index contributed by atoms with van der Waals surface area (Å²) in [4.78, 5) is 26.8. The van der Waals surface area contributed by atoms with Crippen molar-refractivity contribution in [3.8, 4) is 5.75 Å². The standard InChI is InChI=1S/C20H25N3O3S/c1-23(2)22-19(25)17-15-10-5-4-6-11-16(15)27-20(17)21-18(24)13-8-7-9-14(12-13)26-3/h7-9,12H,4-6,10-11H2,1-3H3,(H,21,24)(H,22,25). The number of hydrogen-bond acceptors (Lipinski definition) is 5. The lowest BCUT2D eigenvalue weighted by Crippen LogP contribution is -2.36. The summed E-state index contributed by atoms with van der Waals surface area (Å²) in [6.45, 7) is 0.